The Kier molecular flexibility index (Phi) is 5.84. The molecule has 0 radical (unpaired) electrons. The predicted octanol–water partition coefficient (Wildman–Crippen LogP) is 4.61. The van der Waals surface area contributed by atoms with Gasteiger partial charge in [0.15, 0.2) is 0 Å². The Balaban J connectivity index is 2.76. The van der Waals surface area contributed by atoms with E-state index in [0.29, 0.717) is 0 Å². The Morgan fingerprint density at radius 2 is 1.57 bits per heavy atom. The lowest BCUT2D eigenvalue weighted by Crippen LogP contribution is -2.41. The first-order valence-corrected chi connectivity index (χ1v) is 8.58. The quantitative estimate of drug-likeness (QED) is 0.807. The van der Waals surface area contributed by atoms with Gasteiger partial charge in [0, 0.05) is 25.2 Å². The Labute approximate surface area is 140 Å². The zero-order chi connectivity index (χ0) is 16.9. The van der Waals surface area contributed by atoms with E-state index >= 15 is 0 Å². The third-order valence-corrected chi connectivity index (χ3v) is 4.76. The molecule has 2 aromatic rings. The Bertz CT molecular complexity index is 608. The van der Waals surface area contributed by atoms with Gasteiger partial charge in [0.1, 0.15) is 0 Å². The molecule has 0 fully saturated rings. The fourth-order valence-corrected chi connectivity index (χ4v) is 3.69. The van der Waals surface area contributed by atoms with Crippen LogP contribution in [0.3, 0.4) is 0 Å². The van der Waals surface area contributed by atoms with E-state index in [1.807, 2.05) is 6.07 Å². The molecule has 23 heavy (non-hydrogen) atoms. The molecule has 0 saturated carbocycles. The van der Waals surface area contributed by atoms with Crippen molar-refractivity contribution in [3.05, 3.63) is 65.7 Å². The van der Waals surface area contributed by atoms with Crippen molar-refractivity contribution in [3.63, 3.8) is 0 Å². The number of benzene rings is 2. The van der Waals surface area contributed by atoms with Gasteiger partial charge in [-0.3, -0.25) is 0 Å². The van der Waals surface area contributed by atoms with Crippen LogP contribution in [0.5, 0.6) is 0 Å². The summed E-state index contributed by atoms with van der Waals surface area (Å²) >= 11 is 0. The van der Waals surface area contributed by atoms with Gasteiger partial charge in [0.25, 0.3) is 0 Å². The Morgan fingerprint density at radius 3 is 2.13 bits per heavy atom. The van der Waals surface area contributed by atoms with Crippen molar-refractivity contribution < 1.29 is 5.11 Å². The normalized spacial score (nSPS) is 15.0. The summed E-state index contributed by atoms with van der Waals surface area (Å²) < 4.78 is 0. The number of hydrogen-bond donors (Lipinski definition) is 1. The summed E-state index contributed by atoms with van der Waals surface area (Å²) in [6.07, 6.45) is 2.27. The average Bonchev–Trinajstić information content (AvgIpc) is 2.59. The molecule has 0 aliphatic carbocycles. The first-order valence-electron chi connectivity index (χ1n) is 8.58. The van der Waals surface area contributed by atoms with E-state index in [-0.39, 0.29) is 5.41 Å². The minimum absolute atomic E-state index is 0.369. The van der Waals surface area contributed by atoms with Crippen LogP contribution in [-0.2, 0) is 5.41 Å². The smallest absolute Gasteiger partial charge is 0.0675 e. The Morgan fingerprint density at radius 1 is 0.957 bits per heavy atom. The highest BCUT2D eigenvalue weighted by atomic mass is 16.3. The lowest BCUT2D eigenvalue weighted by atomic mass is 9.66. The summed E-state index contributed by atoms with van der Waals surface area (Å²) in [7, 11) is 4.14. The summed E-state index contributed by atoms with van der Waals surface area (Å²) in [6.45, 7) is 4.26. The fraction of sp³-hybridized carbons (Fsp3) is 0.429. The minimum Gasteiger partial charge on any atom is -0.392 e. The number of nitrogens with zero attached hydrogens (tertiary/aromatic N) is 1. The fourth-order valence-electron chi connectivity index (χ4n) is 3.69. The van der Waals surface area contributed by atoms with Crippen LogP contribution in [0.15, 0.2) is 54.6 Å². The van der Waals surface area contributed by atoms with Crippen LogP contribution in [0.1, 0.15) is 44.2 Å². The van der Waals surface area contributed by atoms with Crippen LogP contribution in [0.25, 0.3) is 0 Å². The van der Waals surface area contributed by atoms with Gasteiger partial charge in [-0.2, -0.15) is 0 Å². The van der Waals surface area contributed by atoms with Crippen molar-refractivity contribution in [2.45, 2.75) is 44.6 Å². The minimum atomic E-state index is -0.411. The largest absolute Gasteiger partial charge is 0.392 e. The van der Waals surface area contributed by atoms with Crippen molar-refractivity contribution in [2.75, 3.05) is 19.0 Å². The molecule has 0 saturated heterocycles. The summed E-state index contributed by atoms with van der Waals surface area (Å²) in [4.78, 5) is 2.14. The van der Waals surface area contributed by atoms with E-state index in [1.54, 1.807) is 0 Å². The molecule has 124 valence electrons. The number of aliphatic hydroxyl groups is 1. The van der Waals surface area contributed by atoms with Gasteiger partial charge in [-0.25, -0.2) is 0 Å². The molecule has 2 nitrogen and oxygen atoms in total. The van der Waals surface area contributed by atoms with Gasteiger partial charge in [-0.05, 0) is 30.0 Å². The molecule has 0 heterocycles. The number of anilines is 1. The second-order valence-corrected chi connectivity index (χ2v) is 6.42. The maximum absolute atomic E-state index is 11.1. The number of rotatable bonds is 7. The zero-order valence-corrected chi connectivity index (χ0v) is 14.8. The van der Waals surface area contributed by atoms with E-state index in [1.165, 1.54) is 16.8 Å². The van der Waals surface area contributed by atoms with Crippen molar-refractivity contribution in [3.8, 4) is 0 Å². The topological polar surface area (TPSA) is 23.5 Å². The van der Waals surface area contributed by atoms with Crippen LogP contribution in [-0.4, -0.2) is 25.3 Å². The van der Waals surface area contributed by atoms with Gasteiger partial charge >= 0.3 is 0 Å². The standard InChI is InChI=1S/C21H29NO/c1-5-16-21(20(23)6-2,17-12-8-7-9-13-17)18-14-10-11-15-19(18)22(3)4/h7-15,20,23H,5-6,16H2,1-4H3/t20-,21?/m1/s1. The second kappa shape index (κ2) is 7.65. The molecule has 2 aromatic carbocycles. The van der Waals surface area contributed by atoms with Crippen LogP contribution in [0.4, 0.5) is 5.69 Å². The molecule has 0 aromatic heterocycles. The highest BCUT2D eigenvalue weighted by Crippen LogP contribution is 2.44. The molecule has 0 bridgehead atoms. The SMILES string of the molecule is CCCC(c1ccccc1)(c1ccccc1N(C)C)[C@H](O)CC. The lowest BCUT2D eigenvalue weighted by molar-refractivity contribution is 0.0921. The van der Waals surface area contributed by atoms with Crippen LogP contribution < -0.4 is 4.90 Å². The number of hydrogen-bond acceptors (Lipinski definition) is 2. The summed E-state index contributed by atoms with van der Waals surface area (Å²) in [5.41, 5.74) is 3.22. The molecule has 0 aliphatic heterocycles. The average molecular weight is 311 g/mol. The van der Waals surface area contributed by atoms with Gasteiger partial charge in [0.2, 0.25) is 0 Å². The van der Waals surface area contributed by atoms with E-state index in [0.717, 1.165) is 19.3 Å². The van der Waals surface area contributed by atoms with Gasteiger partial charge in [0.05, 0.1) is 6.10 Å². The summed E-state index contributed by atoms with van der Waals surface area (Å²) in [5, 5.41) is 11.1. The molecule has 1 N–H and O–H groups in total. The summed E-state index contributed by atoms with van der Waals surface area (Å²) in [5.74, 6) is 0. The van der Waals surface area contributed by atoms with Gasteiger partial charge in [-0.1, -0.05) is 68.8 Å². The van der Waals surface area contributed by atoms with Crippen LogP contribution in [0.2, 0.25) is 0 Å². The van der Waals surface area contributed by atoms with Crippen LogP contribution in [0, 0.1) is 0 Å². The lowest BCUT2D eigenvalue weighted by Gasteiger charge is -2.41. The molecule has 0 amide bonds. The van der Waals surface area contributed by atoms with Gasteiger partial charge < -0.3 is 10.0 Å². The van der Waals surface area contributed by atoms with E-state index < -0.39 is 6.10 Å². The molecule has 1 unspecified atom stereocenters. The highest BCUT2D eigenvalue weighted by Gasteiger charge is 2.41. The molecule has 2 heteroatoms. The molecule has 0 spiro atoms. The van der Waals surface area contributed by atoms with Crippen molar-refractivity contribution in [1.82, 2.24) is 0 Å². The highest BCUT2D eigenvalue weighted by molar-refractivity contribution is 5.60. The van der Waals surface area contributed by atoms with Crippen molar-refractivity contribution in [1.29, 1.82) is 0 Å². The predicted molar refractivity (Wildman–Crippen MR) is 99.2 cm³/mol. The molecular weight excluding hydrogens is 282 g/mol. The monoisotopic (exact) mass is 311 g/mol. The molecule has 2 rings (SSSR count). The van der Waals surface area contributed by atoms with E-state index in [9.17, 15) is 5.11 Å². The first-order chi connectivity index (χ1) is 11.1. The number of aliphatic hydroxyl groups excluding tert-OH is 1. The summed E-state index contributed by atoms with van der Waals surface area (Å²) in [6, 6.07) is 19.0. The van der Waals surface area contributed by atoms with Crippen molar-refractivity contribution in [2.24, 2.45) is 0 Å². The maximum atomic E-state index is 11.1. The van der Waals surface area contributed by atoms with E-state index in [2.05, 4.69) is 81.4 Å². The Hall–Kier alpha value is -1.80. The zero-order valence-electron chi connectivity index (χ0n) is 14.8. The molecule has 2 atom stereocenters. The molecular formula is C21H29NO. The first kappa shape index (κ1) is 17.6. The third-order valence-electron chi connectivity index (χ3n) is 4.76. The third kappa shape index (κ3) is 3.28. The van der Waals surface area contributed by atoms with Crippen LogP contribution >= 0.6 is 0 Å². The van der Waals surface area contributed by atoms with Gasteiger partial charge in [-0.15, -0.1) is 0 Å². The maximum Gasteiger partial charge on any atom is 0.0675 e. The van der Waals surface area contributed by atoms with Crippen molar-refractivity contribution >= 4 is 5.69 Å². The van der Waals surface area contributed by atoms with E-state index in [4.69, 9.17) is 0 Å². The second-order valence-electron chi connectivity index (χ2n) is 6.42. The number of para-hydroxylation sites is 1. The molecule has 0 aliphatic rings.